The van der Waals surface area contributed by atoms with E-state index >= 15 is 0 Å². The van der Waals surface area contributed by atoms with Crippen LogP contribution in [-0.4, -0.2) is 101 Å². The van der Waals surface area contributed by atoms with Crippen LogP contribution in [-0.2, 0) is 23.8 Å². The van der Waals surface area contributed by atoms with Gasteiger partial charge in [-0.2, -0.15) is 0 Å². The first-order chi connectivity index (χ1) is 29.9. The van der Waals surface area contributed by atoms with Crippen LogP contribution in [0.1, 0.15) is 64.4 Å². The Morgan fingerprint density at radius 1 is 0.984 bits per heavy atom. The molecule has 0 saturated carbocycles. The zero-order chi connectivity index (χ0) is 45.7. The molecule has 0 aromatic heterocycles. The number of aliphatic hydroxyl groups is 2. The highest BCUT2D eigenvalue weighted by atomic mass is 16.7. The maximum atomic E-state index is 14.8. The second-order valence-electron chi connectivity index (χ2n) is 17.1. The number of fused-ring (bicyclic) bond motifs is 2. The average Bonchev–Trinajstić information content (AvgIpc) is 3.53. The molecule has 9 atom stereocenters. The SMILES string of the molecule is CO[C@H]1/C=C/O[C@@]2(C)Oc3c(C)c(O)c4c(=O)c(c5oc6cc(N7CCNCC7)ccc6nc-5c4c3C2=O)NC(=O)/C(C)=C\C=C\[C@H](C)[C@H](O)[C@@H](C)[C@@H](O)[C@@H](C)[C@H](OC(C)=O)[C@@H]1C. The number of nitrogens with one attached hydrogen (secondary N) is 2. The maximum Gasteiger partial charge on any atom is 0.312 e. The Labute approximate surface area is 364 Å². The van der Waals surface area contributed by atoms with Gasteiger partial charge in [0.25, 0.3) is 11.7 Å². The van der Waals surface area contributed by atoms with Crippen molar-refractivity contribution in [3.63, 3.8) is 0 Å². The average molecular weight is 869 g/mol. The fourth-order valence-electron chi connectivity index (χ4n) is 8.91. The van der Waals surface area contributed by atoms with Gasteiger partial charge in [0.1, 0.15) is 34.5 Å². The number of aromatic nitrogens is 1. The number of esters is 1. The van der Waals surface area contributed by atoms with Crippen molar-refractivity contribution >= 4 is 50.9 Å². The molecule has 4 aliphatic heterocycles. The number of aromatic hydroxyl groups is 1. The number of rotatable bonds is 3. The van der Waals surface area contributed by atoms with Crippen molar-refractivity contribution in [1.82, 2.24) is 10.3 Å². The summed E-state index contributed by atoms with van der Waals surface area (Å²) in [5.41, 5.74) is 0.622. The molecule has 2 aromatic carbocycles. The van der Waals surface area contributed by atoms with E-state index in [2.05, 4.69) is 15.5 Å². The van der Waals surface area contributed by atoms with Gasteiger partial charge in [0.15, 0.2) is 11.3 Å². The highest BCUT2D eigenvalue weighted by Gasteiger charge is 2.50. The number of allylic oxidation sites excluding steroid dienone is 2. The van der Waals surface area contributed by atoms with Gasteiger partial charge in [0.2, 0.25) is 5.43 Å². The standard InChI is InChI=1S/C47H56N4O12/c1-22-11-10-12-23(2)46(58)50-37-41(56)34-33(36-44(37)62-32-21-29(13-14-30(32)49-36)51-18-16-48-17-19-51)35-43(27(6)40(34)55)63-47(8,45(35)57)60-20-15-31(59-9)24(3)42(61-28(7)52)26(5)39(54)25(4)38(22)53/h10-15,20-22,24-26,31,38-39,42,48,53-55H,16-19H2,1-9H3,(H,50,58)/b11-10+,20-15+,23-12-/t22-,24+,25+,26+,31-,38-,39+,42+,47-/m0/s1. The fraction of sp³-hybridized carbons (Fsp3) is 0.468. The van der Waals surface area contributed by atoms with Crippen LogP contribution in [0.3, 0.4) is 0 Å². The molecule has 7 rings (SSSR count). The highest BCUT2D eigenvalue weighted by molar-refractivity contribution is 6.22. The van der Waals surface area contributed by atoms with E-state index in [-0.39, 0.29) is 50.4 Å². The third-order valence-corrected chi connectivity index (χ3v) is 12.8. The molecule has 1 saturated heterocycles. The summed E-state index contributed by atoms with van der Waals surface area (Å²) in [6.07, 6.45) is 3.67. The number of benzene rings is 3. The van der Waals surface area contributed by atoms with Crippen molar-refractivity contribution in [2.75, 3.05) is 43.5 Å². The third kappa shape index (κ3) is 8.28. The number of phenols is 1. The molecular formula is C47H56N4O12. The van der Waals surface area contributed by atoms with E-state index < -0.39 is 82.7 Å². The van der Waals surface area contributed by atoms with E-state index in [1.807, 2.05) is 12.1 Å². The highest BCUT2D eigenvalue weighted by Crippen LogP contribution is 2.50. The van der Waals surface area contributed by atoms with Gasteiger partial charge in [-0.1, -0.05) is 45.9 Å². The Morgan fingerprint density at radius 2 is 1.70 bits per heavy atom. The van der Waals surface area contributed by atoms with E-state index in [0.29, 0.717) is 11.1 Å². The van der Waals surface area contributed by atoms with Gasteiger partial charge in [0, 0.05) is 99.1 Å². The van der Waals surface area contributed by atoms with Gasteiger partial charge in [-0.15, -0.1) is 0 Å². The largest absolute Gasteiger partial charge is 0.507 e. The van der Waals surface area contributed by atoms with Crippen LogP contribution in [0.4, 0.5) is 11.4 Å². The summed E-state index contributed by atoms with van der Waals surface area (Å²) in [6.45, 7) is 15.8. The predicted molar refractivity (Wildman–Crippen MR) is 236 cm³/mol. The lowest BCUT2D eigenvalue weighted by Crippen LogP contribution is -2.46. The summed E-state index contributed by atoms with van der Waals surface area (Å²) in [6, 6.07) is 5.49. The summed E-state index contributed by atoms with van der Waals surface area (Å²) in [7, 11) is 1.45. The summed E-state index contributed by atoms with van der Waals surface area (Å²) < 4.78 is 30.4. The number of piperazine rings is 1. The number of anilines is 2. The maximum absolute atomic E-state index is 14.8. The first kappa shape index (κ1) is 45.2. The Balaban J connectivity index is 1.43. The molecular weight excluding hydrogens is 813 g/mol. The smallest absolute Gasteiger partial charge is 0.312 e. The molecule has 1 fully saturated rings. The van der Waals surface area contributed by atoms with E-state index in [0.717, 1.165) is 31.9 Å². The predicted octanol–water partition coefficient (Wildman–Crippen LogP) is 5.36. The summed E-state index contributed by atoms with van der Waals surface area (Å²) >= 11 is 0. The minimum absolute atomic E-state index is 0.0135. The number of hydrogen-bond acceptors (Lipinski definition) is 15. The molecule has 16 heteroatoms. The summed E-state index contributed by atoms with van der Waals surface area (Å²) in [5, 5.41) is 40.5. The Bertz CT molecular complexity index is 2580. The van der Waals surface area contributed by atoms with Crippen LogP contribution < -0.4 is 25.7 Å². The zero-order valence-corrected chi connectivity index (χ0v) is 37.0. The Kier molecular flexibility index (Phi) is 12.7. The quantitative estimate of drug-likeness (QED) is 0.0995. The minimum atomic E-state index is -2.02. The van der Waals surface area contributed by atoms with Crippen LogP contribution in [0.5, 0.6) is 11.5 Å². The minimum Gasteiger partial charge on any atom is -0.507 e. The third-order valence-electron chi connectivity index (χ3n) is 12.8. The van der Waals surface area contributed by atoms with Crippen LogP contribution in [0.25, 0.3) is 33.3 Å². The van der Waals surface area contributed by atoms with Crippen LogP contribution in [0, 0.1) is 30.6 Å². The lowest BCUT2D eigenvalue weighted by Gasteiger charge is -2.38. The topological polar surface area (TPSA) is 219 Å². The monoisotopic (exact) mass is 868 g/mol. The van der Waals surface area contributed by atoms with Crippen LogP contribution in [0.15, 0.2) is 63.6 Å². The Morgan fingerprint density at radius 3 is 2.38 bits per heavy atom. The number of amides is 1. The number of aliphatic hydroxyl groups excluding tert-OH is 2. The van der Waals surface area contributed by atoms with Gasteiger partial charge < -0.3 is 54.2 Å². The lowest BCUT2D eigenvalue weighted by molar-refractivity contribution is -0.160. The molecule has 0 unspecified atom stereocenters. The van der Waals surface area contributed by atoms with Crippen molar-refractivity contribution in [2.45, 2.75) is 85.6 Å². The van der Waals surface area contributed by atoms with E-state index in [9.17, 15) is 34.5 Å². The van der Waals surface area contributed by atoms with Gasteiger partial charge >= 0.3 is 11.8 Å². The first-order valence-electron chi connectivity index (χ1n) is 21.2. The number of methoxy groups -OCH3 is 1. The number of Topliss-reactive ketones (excluding diaryl/α,β-unsaturated/α-hetero) is 1. The Hall–Kier alpha value is -5.81. The lowest BCUT2D eigenvalue weighted by atomic mass is 9.78. The van der Waals surface area contributed by atoms with Gasteiger partial charge in [-0.05, 0) is 32.1 Å². The molecule has 4 heterocycles. The molecule has 1 amide bonds. The van der Waals surface area contributed by atoms with Gasteiger partial charge in [-0.25, -0.2) is 4.98 Å². The number of ketones is 1. The van der Waals surface area contributed by atoms with Crippen molar-refractivity contribution in [3.8, 4) is 23.0 Å². The molecule has 0 radical (unpaired) electrons. The zero-order valence-electron chi connectivity index (χ0n) is 37.0. The molecule has 2 aromatic rings. The van der Waals surface area contributed by atoms with Crippen molar-refractivity contribution in [3.05, 3.63) is 75.7 Å². The fourth-order valence-corrected chi connectivity index (χ4v) is 8.91. The van der Waals surface area contributed by atoms with Crippen molar-refractivity contribution in [1.29, 1.82) is 0 Å². The number of nitrogens with zero attached hydrogens (tertiary/aromatic N) is 2. The summed E-state index contributed by atoms with van der Waals surface area (Å²) in [4.78, 5) is 62.9. The number of carbonyl (C=O) groups excluding carboxylic acids is 3. The normalized spacial score (nSPS) is 30.5. The summed E-state index contributed by atoms with van der Waals surface area (Å²) in [5.74, 6) is -7.10. The molecule has 63 heavy (non-hydrogen) atoms. The molecule has 4 bridgehead atoms. The molecule has 5 aliphatic rings. The number of ether oxygens (including phenoxy) is 4. The van der Waals surface area contributed by atoms with Crippen molar-refractivity contribution in [2.24, 2.45) is 23.7 Å². The number of carbonyl (C=O) groups is 3. The molecule has 336 valence electrons. The molecule has 16 nitrogen and oxygen atoms in total. The van der Waals surface area contributed by atoms with Crippen LogP contribution in [0.2, 0.25) is 0 Å². The molecule has 0 spiro atoms. The van der Waals surface area contributed by atoms with Gasteiger partial charge in [-0.3, -0.25) is 19.2 Å². The number of hydrogen-bond donors (Lipinski definition) is 5. The van der Waals surface area contributed by atoms with E-state index in [1.165, 1.54) is 46.3 Å². The second-order valence-corrected chi connectivity index (χ2v) is 17.1. The second kappa shape index (κ2) is 17.8. The van der Waals surface area contributed by atoms with Crippen LogP contribution >= 0.6 is 0 Å². The van der Waals surface area contributed by atoms with Gasteiger partial charge in [0.05, 0.1) is 35.5 Å². The molecule has 1 aliphatic carbocycles. The number of phenolic OH excluding ortho intramolecular Hbond substituents is 1. The van der Waals surface area contributed by atoms with E-state index in [1.54, 1.807) is 52.8 Å². The molecule has 5 N–H and O–H groups in total. The first-order valence-corrected chi connectivity index (χ1v) is 21.2. The van der Waals surface area contributed by atoms with E-state index in [4.69, 9.17) is 28.3 Å². The van der Waals surface area contributed by atoms with Crippen molar-refractivity contribution < 1.29 is 53.1 Å².